The number of nitrogens with one attached hydrogen (secondary N) is 3. The van der Waals surface area contributed by atoms with Gasteiger partial charge < -0.3 is 16.0 Å². The van der Waals surface area contributed by atoms with Crippen molar-refractivity contribution in [3.05, 3.63) is 29.8 Å². The van der Waals surface area contributed by atoms with Gasteiger partial charge in [-0.15, -0.1) is 0 Å². The Hall–Kier alpha value is -1.76. The highest BCUT2D eigenvalue weighted by Gasteiger charge is 2.30. The van der Waals surface area contributed by atoms with Gasteiger partial charge in [0.25, 0.3) is 0 Å². The van der Waals surface area contributed by atoms with Crippen LogP contribution in [0.3, 0.4) is 0 Å². The molecule has 112 valence electrons. The molecule has 7 heteroatoms. The average Bonchev–Trinajstić information content (AvgIpc) is 2.38. The summed E-state index contributed by atoms with van der Waals surface area (Å²) in [5, 5.41) is 8.05. The Bertz CT molecular complexity index is 435. The number of carbonyl (C=O) groups is 1. The number of urea groups is 1. The predicted octanol–water partition coefficient (Wildman–Crippen LogP) is 2.83. The zero-order chi connectivity index (χ0) is 15.0. The van der Waals surface area contributed by atoms with Crippen LogP contribution in [0.25, 0.3) is 0 Å². The highest BCUT2D eigenvalue weighted by molar-refractivity contribution is 5.89. The summed E-state index contributed by atoms with van der Waals surface area (Å²) in [7, 11) is 0. The number of benzene rings is 1. The van der Waals surface area contributed by atoms with E-state index in [1.165, 1.54) is 12.1 Å². The van der Waals surface area contributed by atoms with E-state index in [2.05, 4.69) is 16.0 Å². The second-order valence-electron chi connectivity index (χ2n) is 4.17. The molecule has 0 aliphatic carbocycles. The van der Waals surface area contributed by atoms with E-state index in [1.54, 1.807) is 0 Å². The van der Waals surface area contributed by atoms with Crippen LogP contribution in [0.1, 0.15) is 18.9 Å². The Morgan fingerprint density at radius 2 is 2.00 bits per heavy atom. The molecule has 4 nitrogen and oxygen atoms in total. The van der Waals surface area contributed by atoms with E-state index in [0.29, 0.717) is 6.54 Å². The first kappa shape index (κ1) is 16.3. The lowest BCUT2D eigenvalue weighted by Crippen LogP contribution is -2.31. The molecule has 0 unspecified atom stereocenters. The van der Waals surface area contributed by atoms with Crippen molar-refractivity contribution in [2.24, 2.45) is 0 Å². The predicted molar refractivity (Wildman–Crippen MR) is 71.6 cm³/mol. The van der Waals surface area contributed by atoms with Gasteiger partial charge in [-0.05, 0) is 37.7 Å². The maximum Gasteiger partial charge on any atom is 0.416 e. The first-order valence-corrected chi connectivity index (χ1v) is 6.36. The van der Waals surface area contributed by atoms with Crippen molar-refractivity contribution in [2.45, 2.75) is 19.5 Å². The van der Waals surface area contributed by atoms with E-state index in [9.17, 15) is 18.0 Å². The maximum absolute atomic E-state index is 12.5. The van der Waals surface area contributed by atoms with Crippen LogP contribution in [0.4, 0.5) is 23.7 Å². The summed E-state index contributed by atoms with van der Waals surface area (Å²) < 4.78 is 37.5. The van der Waals surface area contributed by atoms with Crippen LogP contribution < -0.4 is 16.0 Å². The maximum atomic E-state index is 12.5. The average molecular weight is 289 g/mol. The minimum atomic E-state index is -4.42. The minimum Gasteiger partial charge on any atom is -0.338 e. The Morgan fingerprint density at radius 3 is 2.65 bits per heavy atom. The third-order valence-electron chi connectivity index (χ3n) is 2.51. The third-order valence-corrected chi connectivity index (χ3v) is 2.51. The molecule has 0 aliphatic rings. The summed E-state index contributed by atoms with van der Waals surface area (Å²) >= 11 is 0. The van der Waals surface area contributed by atoms with Crippen molar-refractivity contribution in [3.63, 3.8) is 0 Å². The van der Waals surface area contributed by atoms with E-state index < -0.39 is 17.8 Å². The third kappa shape index (κ3) is 5.92. The molecule has 0 spiro atoms. The molecule has 0 saturated heterocycles. The molecule has 0 saturated carbocycles. The molecule has 20 heavy (non-hydrogen) atoms. The molecule has 0 heterocycles. The number of alkyl halides is 3. The zero-order valence-electron chi connectivity index (χ0n) is 11.2. The molecule has 1 aromatic rings. The SMILES string of the molecule is CCNCCCNC(=O)Nc1cccc(C(F)(F)F)c1. The summed E-state index contributed by atoms with van der Waals surface area (Å²) in [5.41, 5.74) is -0.675. The van der Waals surface area contributed by atoms with Crippen molar-refractivity contribution in [1.29, 1.82) is 0 Å². The fourth-order valence-electron chi connectivity index (χ4n) is 1.54. The summed E-state index contributed by atoms with van der Waals surface area (Å²) in [6, 6.07) is 4.01. The van der Waals surface area contributed by atoms with Gasteiger partial charge in [-0.3, -0.25) is 0 Å². The number of hydrogen-bond acceptors (Lipinski definition) is 2. The molecule has 0 fully saturated rings. The first-order chi connectivity index (χ1) is 9.43. The lowest BCUT2D eigenvalue weighted by Gasteiger charge is -2.10. The fourth-order valence-corrected chi connectivity index (χ4v) is 1.54. The van der Waals surface area contributed by atoms with Gasteiger partial charge in [0.15, 0.2) is 0 Å². The first-order valence-electron chi connectivity index (χ1n) is 6.36. The number of carbonyl (C=O) groups excluding carboxylic acids is 1. The van der Waals surface area contributed by atoms with E-state index in [4.69, 9.17) is 0 Å². The molecule has 2 amide bonds. The van der Waals surface area contributed by atoms with Gasteiger partial charge in [0.1, 0.15) is 0 Å². The second kappa shape index (κ2) is 7.74. The Morgan fingerprint density at radius 1 is 1.25 bits per heavy atom. The molecule has 0 atom stereocenters. The quantitative estimate of drug-likeness (QED) is 0.705. The molecule has 0 aliphatic heterocycles. The monoisotopic (exact) mass is 289 g/mol. The van der Waals surface area contributed by atoms with Crippen LogP contribution in [-0.2, 0) is 6.18 Å². The highest BCUT2D eigenvalue weighted by atomic mass is 19.4. The summed E-state index contributed by atoms with van der Waals surface area (Å²) in [4.78, 5) is 11.5. The van der Waals surface area contributed by atoms with E-state index in [0.717, 1.165) is 31.6 Å². The van der Waals surface area contributed by atoms with Gasteiger partial charge in [0, 0.05) is 12.2 Å². The molecule has 0 aromatic heterocycles. The smallest absolute Gasteiger partial charge is 0.338 e. The van der Waals surface area contributed by atoms with Crippen LogP contribution in [-0.4, -0.2) is 25.7 Å². The van der Waals surface area contributed by atoms with E-state index in [-0.39, 0.29) is 5.69 Å². The second-order valence-corrected chi connectivity index (χ2v) is 4.17. The molecule has 0 radical (unpaired) electrons. The van der Waals surface area contributed by atoms with Gasteiger partial charge in [-0.1, -0.05) is 13.0 Å². The van der Waals surface area contributed by atoms with Gasteiger partial charge >= 0.3 is 12.2 Å². The summed E-state index contributed by atoms with van der Waals surface area (Å²) in [6.07, 6.45) is -3.66. The lowest BCUT2D eigenvalue weighted by molar-refractivity contribution is -0.137. The topological polar surface area (TPSA) is 53.2 Å². The standard InChI is InChI=1S/C13H18F3N3O/c1-2-17-7-4-8-18-12(20)19-11-6-3-5-10(9-11)13(14,15)16/h3,5-6,9,17H,2,4,7-8H2,1H3,(H2,18,19,20). The van der Waals surface area contributed by atoms with Crippen LogP contribution in [0.5, 0.6) is 0 Å². The van der Waals surface area contributed by atoms with Crippen molar-refractivity contribution >= 4 is 11.7 Å². The van der Waals surface area contributed by atoms with Crippen LogP contribution in [0.15, 0.2) is 24.3 Å². The molecule has 1 aromatic carbocycles. The zero-order valence-corrected chi connectivity index (χ0v) is 11.2. The fraction of sp³-hybridized carbons (Fsp3) is 0.462. The van der Waals surface area contributed by atoms with Crippen molar-refractivity contribution in [1.82, 2.24) is 10.6 Å². The number of rotatable bonds is 6. The minimum absolute atomic E-state index is 0.115. The number of halogens is 3. The Balaban J connectivity index is 2.42. The number of amides is 2. The molecular weight excluding hydrogens is 271 g/mol. The molecule has 0 bridgehead atoms. The Kier molecular flexibility index (Phi) is 6.30. The summed E-state index contributed by atoms with van der Waals surface area (Å²) in [5.74, 6) is 0. The van der Waals surface area contributed by atoms with Gasteiger partial charge in [-0.25, -0.2) is 4.79 Å². The molecule has 3 N–H and O–H groups in total. The van der Waals surface area contributed by atoms with Crippen molar-refractivity contribution < 1.29 is 18.0 Å². The Labute approximate surface area is 115 Å². The van der Waals surface area contributed by atoms with Crippen LogP contribution >= 0.6 is 0 Å². The molecule has 1 rings (SSSR count). The highest BCUT2D eigenvalue weighted by Crippen LogP contribution is 2.30. The van der Waals surface area contributed by atoms with Gasteiger partial charge in [0.05, 0.1) is 5.56 Å². The number of hydrogen-bond donors (Lipinski definition) is 3. The largest absolute Gasteiger partial charge is 0.416 e. The van der Waals surface area contributed by atoms with Crippen LogP contribution in [0.2, 0.25) is 0 Å². The van der Waals surface area contributed by atoms with Crippen molar-refractivity contribution in [2.75, 3.05) is 25.0 Å². The molecular formula is C13H18F3N3O. The van der Waals surface area contributed by atoms with Crippen molar-refractivity contribution in [3.8, 4) is 0 Å². The van der Waals surface area contributed by atoms with E-state index >= 15 is 0 Å². The normalized spacial score (nSPS) is 11.2. The lowest BCUT2D eigenvalue weighted by atomic mass is 10.2. The van der Waals surface area contributed by atoms with Gasteiger partial charge in [0.2, 0.25) is 0 Å². The number of anilines is 1. The van der Waals surface area contributed by atoms with E-state index in [1.807, 2.05) is 6.92 Å². The van der Waals surface area contributed by atoms with Gasteiger partial charge in [-0.2, -0.15) is 13.2 Å². The van der Waals surface area contributed by atoms with Crippen LogP contribution in [0, 0.1) is 0 Å². The summed E-state index contributed by atoms with van der Waals surface area (Å²) in [6.45, 7) is 4.07.